The highest BCUT2D eigenvalue weighted by atomic mass is 27.1. The van der Waals surface area contributed by atoms with Crippen molar-refractivity contribution in [3.8, 4) is 0 Å². The van der Waals surface area contributed by atoms with Crippen molar-refractivity contribution in [1.82, 2.24) is 0 Å². The van der Waals surface area contributed by atoms with E-state index in [0.717, 1.165) is 6.61 Å². The maximum Gasteiger partial charge on any atom is 0.283 e. The molecule has 0 aliphatic carbocycles. The van der Waals surface area contributed by atoms with Gasteiger partial charge in [-0.1, -0.05) is 31.5 Å². The summed E-state index contributed by atoms with van der Waals surface area (Å²) in [5.41, 5.74) is 0.535. The van der Waals surface area contributed by atoms with E-state index in [9.17, 15) is 0 Å². The molecule has 12 heavy (non-hydrogen) atoms. The summed E-state index contributed by atoms with van der Waals surface area (Å²) in [5.74, 6) is 0. The van der Waals surface area contributed by atoms with Gasteiger partial charge in [0.2, 0.25) is 0 Å². The lowest BCUT2D eigenvalue weighted by Gasteiger charge is -2.25. The highest BCUT2D eigenvalue weighted by Gasteiger charge is 2.20. The first-order valence-electron chi connectivity index (χ1n) is 5.19. The Labute approximate surface area is 82.6 Å². The Hall–Kier alpha value is 0.492. The number of ether oxygens (including phenoxy) is 1. The lowest BCUT2D eigenvalue weighted by molar-refractivity contribution is 0.0643. The Morgan fingerprint density at radius 3 is 2.58 bits per heavy atom. The molecule has 70 valence electrons. The average Bonchev–Trinajstić information content (AvgIpc) is 2.02. The van der Waals surface area contributed by atoms with Crippen LogP contribution in [0, 0.1) is 5.41 Å². The zero-order chi connectivity index (χ0) is 9.03. The minimum absolute atomic E-state index is 0.0391. The van der Waals surface area contributed by atoms with Crippen LogP contribution in [-0.4, -0.2) is 26.8 Å². The summed E-state index contributed by atoms with van der Waals surface area (Å²) in [5, 5.41) is 1.43. The van der Waals surface area contributed by atoms with Crippen molar-refractivity contribution in [1.29, 1.82) is 0 Å². The van der Waals surface area contributed by atoms with Crippen molar-refractivity contribution in [3.63, 3.8) is 0 Å². The minimum Gasteiger partial charge on any atom is -0.394 e. The van der Waals surface area contributed by atoms with E-state index in [1.807, 2.05) is 0 Å². The van der Waals surface area contributed by atoms with Crippen molar-refractivity contribution >= 4 is 15.2 Å². The Balaban J connectivity index is 2.13. The molecule has 1 nitrogen and oxygen atoms in total. The van der Waals surface area contributed by atoms with Gasteiger partial charge in [0.15, 0.2) is 0 Å². The fourth-order valence-electron chi connectivity index (χ4n) is 1.63. The molecule has 0 aromatic rings. The van der Waals surface area contributed by atoms with E-state index in [-0.39, 0.29) is 15.2 Å². The molecule has 1 saturated heterocycles. The van der Waals surface area contributed by atoms with Crippen LogP contribution in [0.1, 0.15) is 40.0 Å². The van der Waals surface area contributed by atoms with Crippen LogP contribution in [0.2, 0.25) is 5.28 Å². The average molecular weight is 184 g/mol. The van der Waals surface area contributed by atoms with E-state index >= 15 is 0 Å². The second kappa shape index (κ2) is 4.65. The second-order valence-electron chi connectivity index (χ2n) is 5.09. The summed E-state index contributed by atoms with van der Waals surface area (Å²) in [6.45, 7) is 8.04. The Morgan fingerprint density at radius 1 is 1.33 bits per heavy atom. The maximum absolute atomic E-state index is 5.74. The quantitative estimate of drug-likeness (QED) is 0.599. The van der Waals surface area contributed by atoms with Gasteiger partial charge in [0.25, 0.3) is 15.2 Å². The lowest BCUT2D eigenvalue weighted by Crippen LogP contribution is -2.27. The fraction of sp³-hybridized carbons (Fsp3) is 1.00. The number of hydrogen-bond donors (Lipinski definition) is 0. The van der Waals surface area contributed by atoms with Gasteiger partial charge in [-0.25, -0.2) is 0 Å². The zero-order valence-electron chi connectivity index (χ0n) is 8.73. The van der Waals surface area contributed by atoms with Crippen LogP contribution in [0.3, 0.4) is 0 Å². The first-order chi connectivity index (χ1) is 5.58. The monoisotopic (exact) mass is 184 g/mol. The molecule has 0 N–H and O–H groups in total. The molecule has 0 radical (unpaired) electrons. The number of hydrogen-bond acceptors (Lipinski definition) is 1. The third-order valence-electron chi connectivity index (χ3n) is 2.49. The van der Waals surface area contributed by atoms with Gasteiger partial charge < -0.3 is 4.74 Å². The summed E-state index contributed by atoms with van der Waals surface area (Å²) in [6.07, 6.45) is 4.05. The van der Waals surface area contributed by atoms with Gasteiger partial charge in [-0.2, -0.15) is 0 Å². The predicted octanol–water partition coefficient (Wildman–Crippen LogP) is 2.41. The summed E-state index contributed by atoms with van der Waals surface area (Å²) in [4.78, 5) is 0.706. The molecule has 0 aromatic heterocycles. The van der Waals surface area contributed by atoms with Gasteiger partial charge in [-0.15, -0.1) is 0 Å². The van der Waals surface area contributed by atoms with Crippen molar-refractivity contribution < 1.29 is 4.74 Å². The minimum atomic E-state index is 0.0391. The molecule has 0 spiro atoms. The molecule has 0 bridgehead atoms. The van der Waals surface area contributed by atoms with Crippen LogP contribution in [0.4, 0.5) is 0 Å². The highest BCUT2D eigenvalue weighted by Crippen LogP contribution is 2.21. The second-order valence-corrected chi connectivity index (χ2v) is 7.08. The molecule has 0 saturated carbocycles. The van der Waals surface area contributed by atoms with Crippen molar-refractivity contribution in [2.24, 2.45) is 5.41 Å². The smallest absolute Gasteiger partial charge is 0.283 e. The van der Waals surface area contributed by atoms with E-state index < -0.39 is 0 Å². The van der Waals surface area contributed by atoms with Crippen LogP contribution in [0.5, 0.6) is 0 Å². The summed E-state index contributed by atoms with van der Waals surface area (Å²) < 4.78 is 5.74. The predicted molar refractivity (Wildman–Crippen MR) is 55.0 cm³/mol. The Kier molecular flexibility index (Phi) is 4.10. The van der Waals surface area contributed by atoms with E-state index in [4.69, 9.17) is 4.74 Å². The highest BCUT2D eigenvalue weighted by molar-refractivity contribution is 6.37. The first-order valence-corrected chi connectivity index (χ1v) is 7.01. The van der Waals surface area contributed by atoms with Crippen LogP contribution in [-0.2, 0) is 4.74 Å². The normalized spacial score (nSPS) is 25.4. The van der Waals surface area contributed by atoms with Gasteiger partial charge >= 0.3 is 0 Å². The van der Waals surface area contributed by atoms with Gasteiger partial charge in [0, 0.05) is 11.6 Å². The lowest BCUT2D eigenvalue weighted by atomic mass is 10.0. The topological polar surface area (TPSA) is 9.23 Å². The molecule has 1 heterocycles. The van der Waals surface area contributed by atoms with Crippen LogP contribution in [0.25, 0.3) is 0 Å². The summed E-state index contributed by atoms with van der Waals surface area (Å²) >= 11 is 0.0391. The third kappa shape index (κ3) is 4.50. The molecule has 1 aliphatic heterocycles. The van der Waals surface area contributed by atoms with Crippen molar-refractivity contribution in [2.75, 3.05) is 6.61 Å². The van der Waals surface area contributed by atoms with Crippen molar-refractivity contribution in [3.05, 3.63) is 0 Å². The van der Waals surface area contributed by atoms with Gasteiger partial charge in [0.05, 0.1) is 0 Å². The van der Waals surface area contributed by atoms with Gasteiger partial charge in [-0.05, 0) is 19.3 Å². The van der Waals surface area contributed by atoms with E-state index in [1.54, 1.807) is 0 Å². The summed E-state index contributed by atoms with van der Waals surface area (Å²) in [7, 11) is 0. The molecular weight excluding hydrogens is 163 g/mol. The zero-order valence-corrected chi connectivity index (χ0v) is 10.1. The van der Waals surface area contributed by atoms with E-state index in [2.05, 4.69) is 20.8 Å². The Morgan fingerprint density at radius 2 is 2.08 bits per heavy atom. The molecule has 2 heteroatoms. The van der Waals surface area contributed by atoms with Crippen LogP contribution in [0.15, 0.2) is 0 Å². The maximum atomic E-state index is 5.74. The molecular formula is C10H21AlO. The molecule has 1 rings (SSSR count). The fourth-order valence-corrected chi connectivity index (χ4v) is 3.73. The molecule has 1 atom stereocenters. The third-order valence-corrected chi connectivity index (χ3v) is 5.57. The molecule has 0 amide bonds. The van der Waals surface area contributed by atoms with Crippen LogP contribution >= 0.6 is 0 Å². The van der Waals surface area contributed by atoms with Gasteiger partial charge in [-0.3, -0.25) is 0 Å². The SMILES string of the molecule is CC(C)(C)[CH2][AlH][CH]1CCCCO1. The van der Waals surface area contributed by atoms with E-state index in [0.29, 0.717) is 10.4 Å². The largest absolute Gasteiger partial charge is 0.394 e. The Bertz CT molecular complexity index is 122. The first kappa shape index (κ1) is 10.6. The van der Waals surface area contributed by atoms with Gasteiger partial charge in [0.1, 0.15) is 0 Å². The molecule has 1 unspecified atom stereocenters. The van der Waals surface area contributed by atoms with E-state index in [1.165, 1.54) is 24.5 Å². The van der Waals surface area contributed by atoms with Crippen LogP contribution < -0.4 is 0 Å². The van der Waals surface area contributed by atoms with Crippen molar-refractivity contribution in [2.45, 2.75) is 50.3 Å². The summed E-state index contributed by atoms with van der Waals surface area (Å²) in [6, 6.07) is 0. The molecule has 1 aliphatic rings. The molecule has 0 aromatic carbocycles. The number of rotatable bonds is 2. The standard InChI is InChI=1S/C5H9O.C5H11.Al.H/c1-2-4-6-5-3-1;1-5(2,3)4;;/h4H,1-3,5H2;1H2,2-4H3;;. The molecule has 1 fully saturated rings.